The first kappa shape index (κ1) is 31.0. The number of anilines is 2. The van der Waals surface area contributed by atoms with Gasteiger partial charge < -0.3 is 14.5 Å². The Labute approximate surface area is 262 Å². The Hall–Kier alpha value is -2.95. The summed E-state index contributed by atoms with van der Waals surface area (Å²) in [6.45, 7) is 7.77. The normalized spacial score (nSPS) is 24.9. The zero-order chi connectivity index (χ0) is 31.0. The second kappa shape index (κ2) is 13.2. The van der Waals surface area contributed by atoms with Gasteiger partial charge in [0.25, 0.3) is 6.43 Å². The number of hydrogen-bond acceptors (Lipinski definition) is 7. The van der Waals surface area contributed by atoms with E-state index < -0.39 is 18.6 Å². The number of halogens is 4. The zero-order valence-corrected chi connectivity index (χ0v) is 26.2. The molecular weight excluding hydrogens is 591 g/mol. The Morgan fingerprint density at radius 3 is 2.43 bits per heavy atom. The molecule has 3 atom stereocenters. The summed E-state index contributed by atoms with van der Waals surface area (Å²) in [6, 6.07) is 14.2. The average Bonchev–Trinajstić information content (AvgIpc) is 3.59. The number of alkyl halides is 3. The number of ether oxygens (including phenoxy) is 1. The van der Waals surface area contributed by atoms with Gasteiger partial charge in [-0.2, -0.15) is 0 Å². The Balaban J connectivity index is 1.18. The quantitative estimate of drug-likeness (QED) is 0.329. The molecule has 2 aromatic carbocycles. The van der Waals surface area contributed by atoms with Crippen molar-refractivity contribution in [2.45, 2.75) is 44.8 Å². The highest BCUT2D eigenvalue weighted by molar-refractivity contribution is 6.31. The van der Waals surface area contributed by atoms with Crippen LogP contribution in [0.5, 0.6) is 0 Å². The van der Waals surface area contributed by atoms with Gasteiger partial charge >= 0.3 is 5.97 Å². The first-order chi connectivity index (χ1) is 21.2. The molecule has 0 aromatic heterocycles. The second-order valence-electron chi connectivity index (χ2n) is 12.3. The van der Waals surface area contributed by atoms with Crippen LogP contribution in [0.1, 0.15) is 26.2 Å². The third-order valence-corrected chi connectivity index (χ3v) is 9.56. The lowest BCUT2D eigenvalue weighted by Crippen LogP contribution is -2.52. The van der Waals surface area contributed by atoms with E-state index in [0.29, 0.717) is 18.0 Å². The summed E-state index contributed by atoms with van der Waals surface area (Å²) in [5.41, 5.74) is 3.99. The van der Waals surface area contributed by atoms with E-state index in [1.54, 1.807) is 24.0 Å². The number of carbonyl (C=O) groups is 1. The van der Waals surface area contributed by atoms with Crippen molar-refractivity contribution >= 4 is 28.9 Å². The summed E-state index contributed by atoms with van der Waals surface area (Å²) < 4.78 is 47.2. The minimum absolute atomic E-state index is 0.0303. The van der Waals surface area contributed by atoms with Crippen molar-refractivity contribution in [3.05, 3.63) is 58.8 Å². The SMILES string of the molecule is CCOC(=O)C1=C(C(F)F)N(C2CCCN(c3cc(Cl)ccc3-c3ccc(N4CCN(C[C@@H]5C[C@@H]5F)CC4)cc3)C2)N(C)C1. The van der Waals surface area contributed by atoms with Crippen molar-refractivity contribution in [2.24, 2.45) is 5.92 Å². The third kappa shape index (κ3) is 6.53. The summed E-state index contributed by atoms with van der Waals surface area (Å²) in [4.78, 5) is 19.5. The molecule has 2 saturated heterocycles. The van der Waals surface area contributed by atoms with Crippen LogP contribution in [0, 0.1) is 5.92 Å². The molecule has 3 aliphatic heterocycles. The van der Waals surface area contributed by atoms with E-state index in [-0.39, 0.29) is 36.4 Å². The van der Waals surface area contributed by atoms with Crippen molar-refractivity contribution in [2.75, 3.05) is 75.8 Å². The molecule has 1 aliphatic carbocycles. The molecule has 44 heavy (non-hydrogen) atoms. The highest BCUT2D eigenvalue weighted by Gasteiger charge is 2.42. The number of carbonyl (C=O) groups excluding carboxylic acids is 1. The molecule has 0 amide bonds. The monoisotopic (exact) mass is 631 g/mol. The predicted molar refractivity (Wildman–Crippen MR) is 168 cm³/mol. The number of benzene rings is 2. The lowest BCUT2D eigenvalue weighted by Gasteiger charge is -2.43. The van der Waals surface area contributed by atoms with Gasteiger partial charge in [-0.3, -0.25) is 9.91 Å². The number of nitrogens with zero attached hydrogens (tertiary/aromatic N) is 5. The first-order valence-electron chi connectivity index (χ1n) is 15.7. The van der Waals surface area contributed by atoms with Gasteiger partial charge in [0.1, 0.15) is 11.9 Å². The van der Waals surface area contributed by atoms with Crippen LogP contribution in [-0.2, 0) is 9.53 Å². The Morgan fingerprint density at radius 1 is 1.05 bits per heavy atom. The molecule has 11 heteroatoms. The lowest BCUT2D eigenvalue weighted by atomic mass is 9.98. The van der Waals surface area contributed by atoms with Gasteiger partial charge in [0.2, 0.25) is 0 Å². The number of allylic oxidation sites excluding steroid dienone is 1. The van der Waals surface area contributed by atoms with Crippen LogP contribution in [0.3, 0.4) is 0 Å². The minimum atomic E-state index is -2.79. The molecular formula is C33H41ClF3N5O2. The van der Waals surface area contributed by atoms with Crippen molar-refractivity contribution < 1.29 is 22.7 Å². The molecule has 0 N–H and O–H groups in total. The topological polar surface area (TPSA) is 42.5 Å². The standard InChI is InChI=1S/C33H41ClF3N5O2/c1-3-44-33(43)28-21-38(2)42(31(28)32(36)37)26-5-4-12-41(20-26)30-18-24(34)8-11-27(30)22-6-9-25(10-7-22)40-15-13-39(14-16-40)19-23-17-29(23)35/h6-11,18,23,26,29,32H,3-5,12-17,19-21H2,1-2H3/t23-,26?,29-/m0/s1. The van der Waals surface area contributed by atoms with E-state index in [0.717, 1.165) is 74.6 Å². The Bertz CT molecular complexity index is 1370. The summed E-state index contributed by atoms with van der Waals surface area (Å²) in [6.07, 6.45) is -1.15. The second-order valence-corrected chi connectivity index (χ2v) is 12.7. The molecule has 6 rings (SSSR count). The molecule has 3 heterocycles. The van der Waals surface area contributed by atoms with Crippen LogP contribution < -0.4 is 9.80 Å². The van der Waals surface area contributed by atoms with Gasteiger partial charge in [0, 0.05) is 80.7 Å². The molecule has 2 aromatic rings. The summed E-state index contributed by atoms with van der Waals surface area (Å²) >= 11 is 6.51. The predicted octanol–water partition coefficient (Wildman–Crippen LogP) is 5.70. The van der Waals surface area contributed by atoms with Crippen LogP contribution in [0.25, 0.3) is 11.1 Å². The molecule has 7 nitrogen and oxygen atoms in total. The van der Waals surface area contributed by atoms with Crippen molar-refractivity contribution in [1.29, 1.82) is 0 Å². The van der Waals surface area contributed by atoms with Gasteiger partial charge in [-0.1, -0.05) is 29.8 Å². The molecule has 4 aliphatic rings. The van der Waals surface area contributed by atoms with E-state index in [1.807, 2.05) is 18.2 Å². The molecule has 0 bridgehead atoms. The molecule has 1 saturated carbocycles. The van der Waals surface area contributed by atoms with Crippen molar-refractivity contribution in [3.8, 4) is 11.1 Å². The number of piperidine rings is 1. The summed E-state index contributed by atoms with van der Waals surface area (Å²) in [5, 5.41) is 3.94. The first-order valence-corrected chi connectivity index (χ1v) is 16.1. The van der Waals surface area contributed by atoms with Crippen molar-refractivity contribution in [1.82, 2.24) is 14.9 Å². The van der Waals surface area contributed by atoms with E-state index in [2.05, 4.69) is 39.0 Å². The van der Waals surface area contributed by atoms with E-state index in [1.165, 1.54) is 0 Å². The zero-order valence-electron chi connectivity index (χ0n) is 25.4. The van der Waals surface area contributed by atoms with Crippen LogP contribution >= 0.6 is 11.6 Å². The van der Waals surface area contributed by atoms with Crippen molar-refractivity contribution in [3.63, 3.8) is 0 Å². The molecule has 0 spiro atoms. The van der Waals surface area contributed by atoms with Gasteiger partial charge in [-0.05, 0) is 56.0 Å². The molecule has 1 unspecified atom stereocenters. The smallest absolute Gasteiger partial charge is 0.337 e. The summed E-state index contributed by atoms with van der Waals surface area (Å²) in [5.74, 6) is -0.453. The maximum Gasteiger partial charge on any atom is 0.337 e. The Morgan fingerprint density at radius 2 is 1.77 bits per heavy atom. The fourth-order valence-electron chi connectivity index (χ4n) is 6.96. The van der Waals surface area contributed by atoms with E-state index >= 15 is 0 Å². The van der Waals surface area contributed by atoms with Gasteiger partial charge in [-0.25, -0.2) is 23.0 Å². The largest absolute Gasteiger partial charge is 0.463 e. The summed E-state index contributed by atoms with van der Waals surface area (Å²) in [7, 11) is 1.74. The third-order valence-electron chi connectivity index (χ3n) is 9.33. The number of hydrogen-bond donors (Lipinski definition) is 0. The van der Waals surface area contributed by atoms with Crippen LogP contribution in [0.15, 0.2) is 53.7 Å². The van der Waals surface area contributed by atoms with E-state index in [4.69, 9.17) is 16.3 Å². The number of likely N-dealkylation sites (N-methyl/N-ethyl adjacent to an activating group) is 1. The molecule has 0 radical (unpaired) electrons. The fourth-order valence-corrected chi connectivity index (χ4v) is 7.12. The highest BCUT2D eigenvalue weighted by atomic mass is 35.5. The van der Waals surface area contributed by atoms with E-state index in [9.17, 15) is 18.0 Å². The van der Waals surface area contributed by atoms with Crippen LogP contribution in [-0.4, -0.2) is 106 Å². The fraction of sp³-hybridized carbons (Fsp3) is 0.545. The highest BCUT2D eigenvalue weighted by Crippen LogP contribution is 2.39. The van der Waals surface area contributed by atoms with Gasteiger partial charge in [0.15, 0.2) is 0 Å². The number of piperazine rings is 1. The van der Waals surface area contributed by atoms with Gasteiger partial charge in [0.05, 0.1) is 24.8 Å². The van der Waals surface area contributed by atoms with Crippen LogP contribution in [0.2, 0.25) is 5.02 Å². The maximum atomic E-state index is 14.4. The maximum absolute atomic E-state index is 14.4. The molecule has 3 fully saturated rings. The average molecular weight is 632 g/mol. The Kier molecular flexibility index (Phi) is 9.31. The minimum Gasteiger partial charge on any atom is -0.463 e. The number of rotatable bonds is 9. The molecule has 238 valence electrons. The number of esters is 1. The van der Waals surface area contributed by atoms with Crippen LogP contribution in [0.4, 0.5) is 24.5 Å². The lowest BCUT2D eigenvalue weighted by molar-refractivity contribution is -0.138. The number of hydrazine groups is 1. The van der Waals surface area contributed by atoms with Gasteiger partial charge in [-0.15, -0.1) is 0 Å².